The van der Waals surface area contributed by atoms with Crippen LogP contribution >= 0.6 is 0 Å². The van der Waals surface area contributed by atoms with Crippen LogP contribution in [0.1, 0.15) is 30.9 Å². The molecule has 3 nitrogen and oxygen atoms in total. The maximum absolute atomic E-state index is 5.57. The number of nitrogens with one attached hydrogen (secondary N) is 1. The lowest BCUT2D eigenvalue weighted by molar-refractivity contribution is 0.429. The normalized spacial score (nSPS) is 23.2. The Morgan fingerprint density at radius 1 is 1.75 bits per heavy atom. The van der Waals surface area contributed by atoms with E-state index in [9.17, 15) is 0 Å². The van der Waals surface area contributed by atoms with E-state index in [4.69, 9.17) is 4.42 Å². The number of rotatable bonds is 2. The molecular weight excluding hydrogens is 152 g/mol. The lowest BCUT2D eigenvalue weighted by atomic mass is 10.1. The van der Waals surface area contributed by atoms with Crippen molar-refractivity contribution in [2.45, 2.75) is 25.7 Å². The SMILES string of the molecule is CCc1cnc(C2CCNC2)o1. The molecular formula is C9H14N2O. The van der Waals surface area contributed by atoms with Gasteiger partial charge < -0.3 is 9.73 Å². The molecule has 2 heterocycles. The number of hydrogen-bond donors (Lipinski definition) is 1. The molecule has 1 aromatic rings. The Labute approximate surface area is 72.2 Å². The molecule has 1 aliphatic rings. The summed E-state index contributed by atoms with van der Waals surface area (Å²) in [6, 6.07) is 0. The van der Waals surface area contributed by atoms with Gasteiger partial charge in [0, 0.05) is 18.9 Å². The molecule has 0 bridgehead atoms. The molecule has 0 aromatic carbocycles. The van der Waals surface area contributed by atoms with Crippen LogP contribution in [-0.4, -0.2) is 18.1 Å². The highest BCUT2D eigenvalue weighted by molar-refractivity contribution is 5.01. The predicted octanol–water partition coefficient (Wildman–Crippen LogP) is 1.31. The third-order valence-electron chi connectivity index (χ3n) is 2.33. The van der Waals surface area contributed by atoms with Crippen LogP contribution in [0.15, 0.2) is 10.6 Å². The fraction of sp³-hybridized carbons (Fsp3) is 0.667. The van der Waals surface area contributed by atoms with E-state index in [0.29, 0.717) is 5.92 Å². The second kappa shape index (κ2) is 3.27. The second-order valence-corrected chi connectivity index (χ2v) is 3.21. The molecule has 1 unspecified atom stereocenters. The largest absolute Gasteiger partial charge is 0.445 e. The lowest BCUT2D eigenvalue weighted by Crippen LogP contribution is -2.07. The van der Waals surface area contributed by atoms with Crippen LogP contribution < -0.4 is 5.32 Å². The molecule has 2 rings (SSSR count). The minimum Gasteiger partial charge on any atom is -0.445 e. The Kier molecular flexibility index (Phi) is 2.13. The van der Waals surface area contributed by atoms with Crippen LogP contribution in [0.4, 0.5) is 0 Å². The highest BCUT2D eigenvalue weighted by Crippen LogP contribution is 2.21. The summed E-state index contributed by atoms with van der Waals surface area (Å²) in [4.78, 5) is 4.26. The monoisotopic (exact) mass is 166 g/mol. The van der Waals surface area contributed by atoms with Crippen molar-refractivity contribution in [2.24, 2.45) is 0 Å². The summed E-state index contributed by atoms with van der Waals surface area (Å²) in [7, 11) is 0. The fourth-order valence-electron chi connectivity index (χ4n) is 1.54. The molecule has 1 saturated heterocycles. The van der Waals surface area contributed by atoms with Gasteiger partial charge in [-0.25, -0.2) is 4.98 Å². The van der Waals surface area contributed by atoms with Gasteiger partial charge in [0.2, 0.25) is 0 Å². The summed E-state index contributed by atoms with van der Waals surface area (Å²) in [5, 5.41) is 3.30. The molecule has 0 spiro atoms. The van der Waals surface area contributed by atoms with Crippen molar-refractivity contribution in [2.75, 3.05) is 13.1 Å². The smallest absolute Gasteiger partial charge is 0.198 e. The quantitative estimate of drug-likeness (QED) is 0.720. The summed E-state index contributed by atoms with van der Waals surface area (Å²) in [6.45, 7) is 4.19. The first kappa shape index (κ1) is 7.80. The van der Waals surface area contributed by atoms with Gasteiger partial charge in [-0.05, 0) is 13.0 Å². The Bertz CT molecular complexity index is 251. The van der Waals surface area contributed by atoms with Gasteiger partial charge in [-0.2, -0.15) is 0 Å². The molecule has 12 heavy (non-hydrogen) atoms. The maximum atomic E-state index is 5.57. The van der Waals surface area contributed by atoms with Gasteiger partial charge in [0.15, 0.2) is 5.89 Å². The van der Waals surface area contributed by atoms with Crippen molar-refractivity contribution in [3.8, 4) is 0 Å². The zero-order valence-electron chi connectivity index (χ0n) is 7.34. The minimum atomic E-state index is 0.505. The summed E-state index contributed by atoms with van der Waals surface area (Å²) < 4.78 is 5.57. The van der Waals surface area contributed by atoms with Crippen molar-refractivity contribution in [1.82, 2.24) is 10.3 Å². The Balaban J connectivity index is 2.11. The molecule has 1 aromatic heterocycles. The predicted molar refractivity (Wildman–Crippen MR) is 46.1 cm³/mol. The number of oxazole rings is 1. The Hall–Kier alpha value is -0.830. The van der Waals surface area contributed by atoms with Gasteiger partial charge in [0.25, 0.3) is 0 Å². The lowest BCUT2D eigenvalue weighted by Gasteiger charge is -2.00. The number of aryl methyl sites for hydroxylation is 1. The van der Waals surface area contributed by atoms with Crippen molar-refractivity contribution in [3.05, 3.63) is 17.8 Å². The zero-order chi connectivity index (χ0) is 8.39. The molecule has 1 atom stereocenters. The molecule has 1 fully saturated rings. The number of aromatic nitrogens is 1. The van der Waals surface area contributed by atoms with E-state index in [0.717, 1.165) is 37.6 Å². The average Bonchev–Trinajstić information content (AvgIpc) is 2.75. The van der Waals surface area contributed by atoms with E-state index in [1.165, 1.54) is 0 Å². The minimum absolute atomic E-state index is 0.505. The van der Waals surface area contributed by atoms with Crippen molar-refractivity contribution in [1.29, 1.82) is 0 Å². The molecule has 66 valence electrons. The Morgan fingerprint density at radius 2 is 2.67 bits per heavy atom. The van der Waals surface area contributed by atoms with E-state index >= 15 is 0 Å². The highest BCUT2D eigenvalue weighted by Gasteiger charge is 2.20. The van der Waals surface area contributed by atoms with E-state index in [-0.39, 0.29) is 0 Å². The van der Waals surface area contributed by atoms with E-state index < -0.39 is 0 Å². The maximum Gasteiger partial charge on any atom is 0.198 e. The van der Waals surface area contributed by atoms with Gasteiger partial charge in [-0.3, -0.25) is 0 Å². The van der Waals surface area contributed by atoms with Crippen LogP contribution in [-0.2, 0) is 6.42 Å². The molecule has 1 aliphatic heterocycles. The number of hydrogen-bond acceptors (Lipinski definition) is 3. The summed E-state index contributed by atoms with van der Waals surface area (Å²) in [6.07, 6.45) is 3.93. The van der Waals surface area contributed by atoms with Crippen molar-refractivity contribution >= 4 is 0 Å². The third-order valence-corrected chi connectivity index (χ3v) is 2.33. The van der Waals surface area contributed by atoms with E-state index in [1.54, 1.807) is 0 Å². The van der Waals surface area contributed by atoms with Crippen LogP contribution in [0.25, 0.3) is 0 Å². The van der Waals surface area contributed by atoms with Gasteiger partial charge in [0.1, 0.15) is 5.76 Å². The van der Waals surface area contributed by atoms with Crippen LogP contribution in [0.5, 0.6) is 0 Å². The summed E-state index contributed by atoms with van der Waals surface area (Å²) >= 11 is 0. The number of nitrogens with zero attached hydrogens (tertiary/aromatic N) is 1. The van der Waals surface area contributed by atoms with Gasteiger partial charge in [-0.15, -0.1) is 0 Å². The summed E-state index contributed by atoms with van der Waals surface area (Å²) in [5.74, 6) is 2.42. The third kappa shape index (κ3) is 1.37. The van der Waals surface area contributed by atoms with Crippen LogP contribution in [0.2, 0.25) is 0 Å². The molecule has 0 amide bonds. The summed E-state index contributed by atoms with van der Waals surface area (Å²) in [5.41, 5.74) is 0. The van der Waals surface area contributed by atoms with Gasteiger partial charge in [-0.1, -0.05) is 6.92 Å². The van der Waals surface area contributed by atoms with E-state index in [2.05, 4.69) is 17.2 Å². The molecule has 0 radical (unpaired) electrons. The molecule has 0 saturated carbocycles. The average molecular weight is 166 g/mol. The first-order chi connectivity index (χ1) is 5.90. The molecule has 1 N–H and O–H groups in total. The van der Waals surface area contributed by atoms with Gasteiger partial charge in [0.05, 0.1) is 6.20 Å². The van der Waals surface area contributed by atoms with Crippen LogP contribution in [0, 0.1) is 0 Å². The first-order valence-electron chi connectivity index (χ1n) is 4.55. The van der Waals surface area contributed by atoms with Gasteiger partial charge >= 0.3 is 0 Å². The highest BCUT2D eigenvalue weighted by atomic mass is 16.4. The fourth-order valence-corrected chi connectivity index (χ4v) is 1.54. The Morgan fingerprint density at radius 3 is 3.25 bits per heavy atom. The topological polar surface area (TPSA) is 38.1 Å². The first-order valence-corrected chi connectivity index (χ1v) is 4.55. The molecule has 3 heteroatoms. The van der Waals surface area contributed by atoms with Crippen molar-refractivity contribution in [3.63, 3.8) is 0 Å². The second-order valence-electron chi connectivity index (χ2n) is 3.21. The van der Waals surface area contributed by atoms with Crippen LogP contribution in [0.3, 0.4) is 0 Å². The molecule has 0 aliphatic carbocycles. The zero-order valence-corrected chi connectivity index (χ0v) is 7.34. The van der Waals surface area contributed by atoms with E-state index in [1.807, 2.05) is 6.20 Å². The van der Waals surface area contributed by atoms with Crippen molar-refractivity contribution < 1.29 is 4.42 Å². The standard InChI is InChI=1S/C9H14N2O/c1-2-8-6-11-9(12-8)7-3-4-10-5-7/h6-7,10H,2-5H2,1H3.